The highest BCUT2D eigenvalue weighted by atomic mass is 35.5. The molecule has 0 atom stereocenters. The van der Waals surface area contributed by atoms with Gasteiger partial charge in [0.15, 0.2) is 0 Å². The number of piperazine rings is 1. The van der Waals surface area contributed by atoms with Crippen LogP contribution in [-0.2, 0) is 20.8 Å². The van der Waals surface area contributed by atoms with Crippen molar-refractivity contribution in [2.24, 2.45) is 0 Å². The van der Waals surface area contributed by atoms with E-state index in [4.69, 9.17) is 21.1 Å². The molecule has 0 aliphatic carbocycles. The van der Waals surface area contributed by atoms with Crippen LogP contribution < -0.4 is 5.32 Å². The highest BCUT2D eigenvalue weighted by molar-refractivity contribution is 7.18. The molecular formula is C24H30ClN3O5S. The third-order valence-corrected chi connectivity index (χ3v) is 7.08. The molecule has 34 heavy (non-hydrogen) atoms. The number of rotatable bonds is 9. The van der Waals surface area contributed by atoms with Gasteiger partial charge >= 0.3 is 11.9 Å². The number of nitrogens with zero attached hydrogens (tertiary/aromatic N) is 2. The van der Waals surface area contributed by atoms with Gasteiger partial charge in [0, 0.05) is 37.7 Å². The maximum atomic E-state index is 12.8. The Bertz CT molecular complexity index is 1030. The van der Waals surface area contributed by atoms with Crippen LogP contribution in [0.3, 0.4) is 0 Å². The average molecular weight is 508 g/mol. The summed E-state index contributed by atoms with van der Waals surface area (Å²) in [5, 5.41) is 3.88. The van der Waals surface area contributed by atoms with Crippen molar-refractivity contribution in [3.8, 4) is 0 Å². The van der Waals surface area contributed by atoms with Gasteiger partial charge in [-0.25, -0.2) is 9.59 Å². The monoisotopic (exact) mass is 507 g/mol. The standard InChI is InChI=1S/C24H30ClN3O5S/c1-4-32-23(30)20-16(3)21(24(31)33-5-2)34-22(20)26-19(29)15-28-12-10-27(11-13-28)14-17-8-6-7-9-18(17)25/h6-9H,4-5,10-15H2,1-3H3,(H,26,29). The Morgan fingerprint density at radius 3 is 2.26 bits per heavy atom. The predicted molar refractivity (Wildman–Crippen MR) is 133 cm³/mol. The van der Waals surface area contributed by atoms with Gasteiger partial charge in [0.1, 0.15) is 9.88 Å². The van der Waals surface area contributed by atoms with Gasteiger partial charge in [-0.05, 0) is 38.0 Å². The van der Waals surface area contributed by atoms with Gasteiger partial charge in [-0.3, -0.25) is 14.6 Å². The minimum absolute atomic E-state index is 0.188. The molecular weight excluding hydrogens is 478 g/mol. The molecule has 1 aromatic carbocycles. The smallest absolute Gasteiger partial charge is 0.348 e. The van der Waals surface area contributed by atoms with Crippen molar-refractivity contribution in [3.05, 3.63) is 50.9 Å². The van der Waals surface area contributed by atoms with E-state index in [1.165, 1.54) is 0 Å². The topological polar surface area (TPSA) is 88.2 Å². The number of amides is 1. The number of hydrogen-bond donors (Lipinski definition) is 1. The molecule has 2 aromatic rings. The number of carbonyl (C=O) groups excluding carboxylic acids is 3. The van der Waals surface area contributed by atoms with E-state index in [0.717, 1.165) is 54.6 Å². The lowest BCUT2D eigenvalue weighted by Gasteiger charge is -2.34. The zero-order valence-electron chi connectivity index (χ0n) is 19.7. The Hall–Kier alpha value is -2.46. The fourth-order valence-electron chi connectivity index (χ4n) is 3.78. The van der Waals surface area contributed by atoms with Gasteiger partial charge in [0.25, 0.3) is 0 Å². The first-order valence-electron chi connectivity index (χ1n) is 11.3. The second kappa shape index (κ2) is 12.3. The van der Waals surface area contributed by atoms with Crippen LogP contribution in [-0.4, -0.2) is 73.6 Å². The van der Waals surface area contributed by atoms with E-state index in [9.17, 15) is 14.4 Å². The lowest BCUT2D eigenvalue weighted by molar-refractivity contribution is -0.117. The molecule has 10 heteroatoms. The molecule has 0 spiro atoms. The number of carbonyl (C=O) groups is 3. The van der Waals surface area contributed by atoms with Crippen LogP contribution in [0.5, 0.6) is 0 Å². The number of ether oxygens (including phenoxy) is 2. The number of esters is 2. The quantitative estimate of drug-likeness (QED) is 0.516. The number of benzene rings is 1. The van der Waals surface area contributed by atoms with Crippen LogP contribution >= 0.6 is 22.9 Å². The predicted octanol–water partition coefficient (Wildman–Crippen LogP) is 3.82. The summed E-state index contributed by atoms with van der Waals surface area (Å²) in [6.07, 6.45) is 0. The summed E-state index contributed by atoms with van der Waals surface area (Å²) < 4.78 is 10.2. The van der Waals surface area contributed by atoms with E-state index in [-0.39, 0.29) is 36.1 Å². The summed E-state index contributed by atoms with van der Waals surface area (Å²) in [6, 6.07) is 7.81. The summed E-state index contributed by atoms with van der Waals surface area (Å²) in [7, 11) is 0. The van der Waals surface area contributed by atoms with Gasteiger partial charge in [0.2, 0.25) is 5.91 Å². The molecule has 184 valence electrons. The molecule has 2 heterocycles. The summed E-state index contributed by atoms with van der Waals surface area (Å²) in [5.41, 5.74) is 1.74. The molecule has 1 aliphatic heterocycles. The average Bonchev–Trinajstić information content (AvgIpc) is 3.12. The molecule has 1 N–H and O–H groups in total. The van der Waals surface area contributed by atoms with E-state index in [1.54, 1.807) is 20.8 Å². The van der Waals surface area contributed by atoms with Crippen molar-refractivity contribution < 1.29 is 23.9 Å². The van der Waals surface area contributed by atoms with E-state index in [0.29, 0.717) is 10.6 Å². The van der Waals surface area contributed by atoms with Crippen LogP contribution in [0.25, 0.3) is 0 Å². The van der Waals surface area contributed by atoms with Crippen molar-refractivity contribution in [2.45, 2.75) is 27.3 Å². The first-order valence-corrected chi connectivity index (χ1v) is 12.5. The summed E-state index contributed by atoms with van der Waals surface area (Å²) in [6.45, 7) is 9.55. The SMILES string of the molecule is CCOC(=O)c1sc(NC(=O)CN2CCN(Cc3ccccc3Cl)CC2)c(C(=O)OCC)c1C. The Morgan fingerprint density at radius 2 is 1.62 bits per heavy atom. The Balaban J connectivity index is 1.61. The minimum Gasteiger partial charge on any atom is -0.462 e. The third kappa shape index (κ3) is 6.56. The van der Waals surface area contributed by atoms with Crippen molar-refractivity contribution in [1.82, 2.24) is 9.80 Å². The molecule has 0 bridgehead atoms. The summed E-state index contributed by atoms with van der Waals surface area (Å²) in [5.74, 6) is -1.34. The zero-order chi connectivity index (χ0) is 24.7. The summed E-state index contributed by atoms with van der Waals surface area (Å²) in [4.78, 5) is 42.3. The van der Waals surface area contributed by atoms with Crippen molar-refractivity contribution in [2.75, 3.05) is 51.3 Å². The fraction of sp³-hybridized carbons (Fsp3) is 0.458. The highest BCUT2D eigenvalue weighted by Crippen LogP contribution is 2.34. The van der Waals surface area contributed by atoms with Crippen molar-refractivity contribution in [1.29, 1.82) is 0 Å². The maximum absolute atomic E-state index is 12.8. The lowest BCUT2D eigenvalue weighted by Crippen LogP contribution is -2.48. The lowest BCUT2D eigenvalue weighted by atomic mass is 10.1. The molecule has 8 nitrogen and oxygen atoms in total. The van der Waals surface area contributed by atoms with Crippen molar-refractivity contribution >= 4 is 45.8 Å². The van der Waals surface area contributed by atoms with E-state index in [1.807, 2.05) is 24.3 Å². The molecule has 3 rings (SSSR count). The Morgan fingerprint density at radius 1 is 1.00 bits per heavy atom. The van der Waals surface area contributed by atoms with E-state index < -0.39 is 11.9 Å². The van der Waals surface area contributed by atoms with Gasteiger partial charge < -0.3 is 14.8 Å². The van der Waals surface area contributed by atoms with Crippen LogP contribution in [0.2, 0.25) is 5.02 Å². The molecule has 1 saturated heterocycles. The third-order valence-electron chi connectivity index (χ3n) is 5.52. The number of halogens is 1. The molecule has 1 amide bonds. The molecule has 1 aliphatic rings. The second-order valence-corrected chi connectivity index (χ2v) is 9.32. The number of hydrogen-bond acceptors (Lipinski definition) is 8. The Labute approximate surface area is 208 Å². The van der Waals surface area contributed by atoms with Crippen LogP contribution in [0.1, 0.15) is 45.0 Å². The number of thiophene rings is 1. The first kappa shape index (κ1) is 26.2. The molecule has 0 radical (unpaired) electrons. The van der Waals surface area contributed by atoms with Crippen LogP contribution in [0, 0.1) is 6.92 Å². The summed E-state index contributed by atoms with van der Waals surface area (Å²) >= 11 is 7.31. The molecule has 0 saturated carbocycles. The maximum Gasteiger partial charge on any atom is 0.348 e. The van der Waals surface area contributed by atoms with Gasteiger partial charge in [-0.1, -0.05) is 29.8 Å². The van der Waals surface area contributed by atoms with E-state index in [2.05, 4.69) is 15.1 Å². The van der Waals surface area contributed by atoms with E-state index >= 15 is 0 Å². The Kier molecular flexibility index (Phi) is 9.46. The van der Waals surface area contributed by atoms with Crippen LogP contribution in [0.4, 0.5) is 5.00 Å². The minimum atomic E-state index is -0.574. The largest absolute Gasteiger partial charge is 0.462 e. The van der Waals surface area contributed by atoms with Crippen molar-refractivity contribution in [3.63, 3.8) is 0 Å². The van der Waals surface area contributed by atoms with Crippen LogP contribution in [0.15, 0.2) is 24.3 Å². The second-order valence-electron chi connectivity index (χ2n) is 7.89. The molecule has 1 fully saturated rings. The highest BCUT2D eigenvalue weighted by Gasteiger charge is 2.28. The van der Waals surface area contributed by atoms with Gasteiger partial charge in [-0.2, -0.15) is 0 Å². The number of anilines is 1. The fourth-order valence-corrected chi connectivity index (χ4v) is 5.08. The van der Waals surface area contributed by atoms with Gasteiger partial charge in [0.05, 0.1) is 25.3 Å². The zero-order valence-corrected chi connectivity index (χ0v) is 21.3. The normalized spacial score (nSPS) is 14.6. The number of nitrogens with one attached hydrogen (secondary N) is 1. The van der Waals surface area contributed by atoms with Gasteiger partial charge in [-0.15, -0.1) is 11.3 Å². The first-order chi connectivity index (χ1) is 16.3. The molecule has 0 unspecified atom stereocenters. The molecule has 1 aromatic heterocycles.